The number of hydrogen-bond acceptors (Lipinski definition) is 3. The second kappa shape index (κ2) is 3.17. The van der Waals surface area contributed by atoms with Crippen LogP contribution in [0, 0.1) is 6.39 Å². The number of rotatable bonds is 2. The molecule has 0 bridgehead atoms. The van der Waals surface area contributed by atoms with E-state index in [2.05, 4.69) is 16.4 Å². The van der Waals surface area contributed by atoms with Crippen molar-refractivity contribution in [2.24, 2.45) is 0 Å². The highest BCUT2D eigenvalue weighted by atomic mass is 16.3. The summed E-state index contributed by atoms with van der Waals surface area (Å²) < 4.78 is 4.72. The van der Waals surface area contributed by atoms with Gasteiger partial charge in [0, 0.05) is 18.3 Å². The molecule has 59 valence electrons. The van der Waals surface area contributed by atoms with Crippen LogP contribution >= 0.6 is 0 Å². The molecule has 0 aliphatic rings. The van der Waals surface area contributed by atoms with Crippen LogP contribution in [0.2, 0.25) is 0 Å². The Bertz CT molecular complexity index is 329. The molecule has 0 unspecified atom stereocenters. The van der Waals surface area contributed by atoms with Gasteiger partial charge in [-0.1, -0.05) is 6.07 Å². The number of oxazole rings is 1. The first-order chi connectivity index (χ1) is 5.95. The average molecular weight is 159 g/mol. The van der Waals surface area contributed by atoms with Crippen molar-refractivity contribution in [3.63, 3.8) is 0 Å². The molecule has 2 heterocycles. The fourth-order valence-electron chi connectivity index (χ4n) is 0.975. The Labute approximate surface area is 70.1 Å². The van der Waals surface area contributed by atoms with E-state index in [9.17, 15) is 0 Å². The molecular weight excluding hydrogens is 152 g/mol. The Kier molecular flexibility index (Phi) is 1.86. The van der Waals surface area contributed by atoms with E-state index < -0.39 is 0 Å². The van der Waals surface area contributed by atoms with Gasteiger partial charge < -0.3 is 4.42 Å². The maximum absolute atomic E-state index is 4.72. The summed E-state index contributed by atoms with van der Waals surface area (Å²) in [6, 6.07) is 5.79. The van der Waals surface area contributed by atoms with Crippen LogP contribution in [0.1, 0.15) is 11.4 Å². The monoisotopic (exact) mass is 159 g/mol. The molecule has 0 aliphatic heterocycles. The lowest BCUT2D eigenvalue weighted by atomic mass is 10.2. The second-order valence-electron chi connectivity index (χ2n) is 2.43. The summed E-state index contributed by atoms with van der Waals surface area (Å²) in [4.78, 5) is 8.04. The quantitative estimate of drug-likeness (QED) is 0.665. The van der Waals surface area contributed by atoms with Crippen LogP contribution < -0.4 is 0 Å². The first-order valence-electron chi connectivity index (χ1n) is 3.65. The standard InChI is InChI=1S/C9H7N2O/c1-2-4-10-8(3-1)5-9-6-12-7-11-9/h1-4,6H,5H2. The average Bonchev–Trinajstić information content (AvgIpc) is 2.59. The third-order valence-corrected chi connectivity index (χ3v) is 1.53. The van der Waals surface area contributed by atoms with Gasteiger partial charge in [0.2, 0.25) is 0 Å². The summed E-state index contributed by atoms with van der Waals surface area (Å²) in [5.41, 5.74) is 1.84. The molecule has 0 amide bonds. The van der Waals surface area contributed by atoms with E-state index >= 15 is 0 Å². The molecule has 2 aromatic heterocycles. The van der Waals surface area contributed by atoms with Gasteiger partial charge in [0.05, 0.1) is 5.69 Å². The summed E-state index contributed by atoms with van der Waals surface area (Å²) in [5.74, 6) is 0. The first-order valence-corrected chi connectivity index (χ1v) is 3.65. The number of hydrogen-bond donors (Lipinski definition) is 0. The van der Waals surface area contributed by atoms with Gasteiger partial charge in [0.15, 0.2) is 0 Å². The summed E-state index contributed by atoms with van der Waals surface area (Å²) >= 11 is 0. The number of pyridine rings is 1. The third kappa shape index (κ3) is 1.50. The SMILES string of the molecule is [c]1nc(Cc2ccccn2)co1. The molecule has 1 radical (unpaired) electrons. The fraction of sp³-hybridized carbons (Fsp3) is 0.111. The van der Waals surface area contributed by atoms with Gasteiger partial charge in [-0.3, -0.25) is 4.98 Å². The topological polar surface area (TPSA) is 38.9 Å². The predicted octanol–water partition coefficient (Wildman–Crippen LogP) is 1.46. The largest absolute Gasteiger partial charge is 0.441 e. The lowest BCUT2D eigenvalue weighted by Gasteiger charge is -1.93. The van der Waals surface area contributed by atoms with Gasteiger partial charge in [0.25, 0.3) is 6.39 Å². The highest BCUT2D eigenvalue weighted by Crippen LogP contribution is 2.02. The minimum atomic E-state index is 0.702. The van der Waals surface area contributed by atoms with Crippen molar-refractivity contribution >= 4 is 0 Å². The van der Waals surface area contributed by atoms with Crippen molar-refractivity contribution in [3.8, 4) is 0 Å². The van der Waals surface area contributed by atoms with E-state index in [4.69, 9.17) is 4.42 Å². The predicted molar refractivity (Wildman–Crippen MR) is 42.4 cm³/mol. The molecule has 3 nitrogen and oxygen atoms in total. The third-order valence-electron chi connectivity index (χ3n) is 1.53. The van der Waals surface area contributed by atoms with Crippen LogP contribution in [0.4, 0.5) is 0 Å². The minimum absolute atomic E-state index is 0.702. The van der Waals surface area contributed by atoms with Crippen molar-refractivity contribution in [2.45, 2.75) is 6.42 Å². The molecule has 0 atom stereocenters. The molecule has 0 saturated carbocycles. The van der Waals surface area contributed by atoms with Crippen molar-refractivity contribution in [2.75, 3.05) is 0 Å². The molecule has 0 aliphatic carbocycles. The van der Waals surface area contributed by atoms with Gasteiger partial charge in [-0.2, -0.15) is 0 Å². The molecule has 3 heteroatoms. The minimum Gasteiger partial charge on any atom is -0.441 e. The highest BCUT2D eigenvalue weighted by Gasteiger charge is 1.98. The lowest BCUT2D eigenvalue weighted by molar-refractivity contribution is 0.546. The van der Waals surface area contributed by atoms with Gasteiger partial charge >= 0.3 is 0 Å². The lowest BCUT2D eigenvalue weighted by Crippen LogP contribution is -1.90. The highest BCUT2D eigenvalue weighted by molar-refractivity contribution is 5.10. The molecule has 0 aromatic carbocycles. The van der Waals surface area contributed by atoms with Crippen LogP contribution in [0.3, 0.4) is 0 Å². The molecule has 0 N–H and O–H groups in total. The maximum atomic E-state index is 4.72. The van der Waals surface area contributed by atoms with Crippen molar-refractivity contribution in [1.29, 1.82) is 0 Å². The zero-order valence-corrected chi connectivity index (χ0v) is 6.40. The second-order valence-corrected chi connectivity index (χ2v) is 2.43. The Morgan fingerprint density at radius 3 is 3.00 bits per heavy atom. The first kappa shape index (κ1) is 7.03. The van der Waals surface area contributed by atoms with Crippen molar-refractivity contribution in [3.05, 3.63) is 48.4 Å². The van der Waals surface area contributed by atoms with Gasteiger partial charge in [0.1, 0.15) is 6.26 Å². The normalized spacial score (nSPS) is 10.0. The van der Waals surface area contributed by atoms with E-state index in [1.165, 1.54) is 0 Å². The van der Waals surface area contributed by atoms with E-state index in [-0.39, 0.29) is 0 Å². The van der Waals surface area contributed by atoms with E-state index in [1.54, 1.807) is 12.5 Å². The van der Waals surface area contributed by atoms with E-state index in [1.807, 2.05) is 18.2 Å². The van der Waals surface area contributed by atoms with Crippen molar-refractivity contribution < 1.29 is 4.42 Å². The molecule has 12 heavy (non-hydrogen) atoms. The number of aromatic nitrogens is 2. The zero-order chi connectivity index (χ0) is 8.23. The van der Waals surface area contributed by atoms with Crippen LogP contribution in [0.15, 0.2) is 35.1 Å². The molecule has 2 aromatic rings. The van der Waals surface area contributed by atoms with Crippen LogP contribution in [0.25, 0.3) is 0 Å². The van der Waals surface area contributed by atoms with Gasteiger partial charge in [-0.15, -0.1) is 0 Å². The molecule has 2 rings (SSSR count). The van der Waals surface area contributed by atoms with E-state index in [0.717, 1.165) is 11.4 Å². The van der Waals surface area contributed by atoms with Gasteiger partial charge in [-0.05, 0) is 12.1 Å². The smallest absolute Gasteiger partial charge is 0.283 e. The Balaban J connectivity index is 2.15. The van der Waals surface area contributed by atoms with Crippen LogP contribution in [0.5, 0.6) is 0 Å². The molecule has 0 fully saturated rings. The Morgan fingerprint density at radius 2 is 2.33 bits per heavy atom. The van der Waals surface area contributed by atoms with Gasteiger partial charge in [-0.25, -0.2) is 4.98 Å². The Morgan fingerprint density at radius 1 is 1.33 bits per heavy atom. The summed E-state index contributed by atoms with van der Waals surface area (Å²) in [5, 5.41) is 0. The van der Waals surface area contributed by atoms with E-state index in [0.29, 0.717) is 6.42 Å². The summed E-state index contributed by atoms with van der Waals surface area (Å²) in [6.45, 7) is 0. The fourth-order valence-corrected chi connectivity index (χ4v) is 0.975. The van der Waals surface area contributed by atoms with Crippen LogP contribution in [-0.2, 0) is 6.42 Å². The van der Waals surface area contributed by atoms with Crippen molar-refractivity contribution in [1.82, 2.24) is 9.97 Å². The summed E-state index contributed by atoms with van der Waals surface area (Å²) in [6.07, 6.45) is 6.44. The number of nitrogens with zero attached hydrogens (tertiary/aromatic N) is 2. The maximum Gasteiger partial charge on any atom is 0.283 e. The van der Waals surface area contributed by atoms with Crippen LogP contribution in [-0.4, -0.2) is 9.97 Å². The molecular formula is C9H7N2O. The summed E-state index contributed by atoms with van der Waals surface area (Å²) in [7, 11) is 0. The zero-order valence-electron chi connectivity index (χ0n) is 6.40. The Hall–Kier alpha value is -1.64. The molecule has 0 spiro atoms. The molecule has 0 saturated heterocycles.